The van der Waals surface area contributed by atoms with Crippen LogP contribution in [0.25, 0.3) is 11.1 Å². The van der Waals surface area contributed by atoms with E-state index in [1.54, 1.807) is 27.0 Å². The van der Waals surface area contributed by atoms with Gasteiger partial charge in [-0.15, -0.1) is 0 Å². The predicted molar refractivity (Wildman–Crippen MR) is 115 cm³/mol. The molecule has 3 rings (SSSR count). The lowest BCUT2D eigenvalue weighted by Crippen LogP contribution is -2.36. The number of hydrogen-bond acceptors (Lipinski definition) is 8. The Morgan fingerprint density at radius 2 is 2.10 bits per heavy atom. The SMILES string of the molecule is CCOC(=O)c1c(C)oc2nc(C)nc(NCCN(Cc3ccco3)[C@@H](C)CC)c12. The van der Waals surface area contributed by atoms with Crippen LogP contribution in [0.3, 0.4) is 0 Å². The van der Waals surface area contributed by atoms with E-state index in [9.17, 15) is 4.79 Å². The monoisotopic (exact) mass is 414 g/mol. The van der Waals surface area contributed by atoms with Crippen molar-refractivity contribution in [2.24, 2.45) is 0 Å². The molecular formula is C22H30N4O4. The molecule has 8 heteroatoms. The summed E-state index contributed by atoms with van der Waals surface area (Å²) in [5, 5.41) is 3.94. The zero-order chi connectivity index (χ0) is 21.7. The number of carbonyl (C=O) groups is 1. The van der Waals surface area contributed by atoms with Crippen molar-refractivity contribution in [2.75, 3.05) is 25.0 Å². The Morgan fingerprint density at radius 3 is 2.77 bits per heavy atom. The molecule has 1 N–H and O–H groups in total. The van der Waals surface area contributed by atoms with E-state index in [-0.39, 0.29) is 6.61 Å². The van der Waals surface area contributed by atoms with Gasteiger partial charge in [0.1, 0.15) is 28.7 Å². The number of aryl methyl sites for hydroxylation is 2. The van der Waals surface area contributed by atoms with Crippen LogP contribution in [0.2, 0.25) is 0 Å². The van der Waals surface area contributed by atoms with E-state index in [1.807, 2.05) is 12.1 Å². The highest BCUT2D eigenvalue weighted by molar-refractivity contribution is 6.07. The van der Waals surface area contributed by atoms with Gasteiger partial charge in [0.25, 0.3) is 0 Å². The number of ether oxygens (including phenoxy) is 1. The fourth-order valence-electron chi connectivity index (χ4n) is 3.43. The summed E-state index contributed by atoms with van der Waals surface area (Å²) in [7, 11) is 0. The molecule has 0 spiro atoms. The largest absolute Gasteiger partial charge is 0.468 e. The zero-order valence-corrected chi connectivity index (χ0v) is 18.3. The predicted octanol–water partition coefficient (Wildman–Crippen LogP) is 4.32. The van der Waals surface area contributed by atoms with Gasteiger partial charge in [-0.25, -0.2) is 9.78 Å². The molecule has 3 aromatic heterocycles. The lowest BCUT2D eigenvalue weighted by molar-refractivity contribution is 0.0526. The third kappa shape index (κ3) is 4.81. The summed E-state index contributed by atoms with van der Waals surface area (Å²) < 4.78 is 16.5. The number of nitrogens with zero attached hydrogens (tertiary/aromatic N) is 3. The van der Waals surface area contributed by atoms with Crippen LogP contribution in [0.4, 0.5) is 5.82 Å². The van der Waals surface area contributed by atoms with Crippen LogP contribution in [0.15, 0.2) is 27.2 Å². The highest BCUT2D eigenvalue weighted by atomic mass is 16.5. The Balaban J connectivity index is 1.81. The molecule has 1 atom stereocenters. The third-order valence-electron chi connectivity index (χ3n) is 5.16. The Kier molecular flexibility index (Phi) is 7.10. The highest BCUT2D eigenvalue weighted by Crippen LogP contribution is 2.30. The number of aromatic nitrogens is 2. The van der Waals surface area contributed by atoms with Crippen molar-refractivity contribution in [1.29, 1.82) is 0 Å². The van der Waals surface area contributed by atoms with Crippen LogP contribution in [-0.4, -0.2) is 46.6 Å². The molecule has 0 aliphatic rings. The number of furan rings is 2. The Hall–Kier alpha value is -2.87. The summed E-state index contributed by atoms with van der Waals surface area (Å²) in [5.41, 5.74) is 0.767. The van der Waals surface area contributed by atoms with Crippen LogP contribution in [0, 0.1) is 13.8 Å². The van der Waals surface area contributed by atoms with Gasteiger partial charge in [0.15, 0.2) is 0 Å². The van der Waals surface area contributed by atoms with Crippen molar-refractivity contribution in [2.45, 2.75) is 53.6 Å². The van der Waals surface area contributed by atoms with E-state index in [2.05, 4.69) is 34.0 Å². The number of fused-ring (bicyclic) bond motifs is 1. The summed E-state index contributed by atoms with van der Waals surface area (Å²) in [4.78, 5) is 23.7. The molecule has 30 heavy (non-hydrogen) atoms. The number of nitrogens with one attached hydrogen (secondary N) is 1. The number of anilines is 1. The second-order valence-corrected chi connectivity index (χ2v) is 7.29. The first-order chi connectivity index (χ1) is 14.4. The summed E-state index contributed by atoms with van der Waals surface area (Å²) >= 11 is 0. The Bertz CT molecular complexity index is 981. The number of hydrogen-bond donors (Lipinski definition) is 1. The van der Waals surface area contributed by atoms with Crippen molar-refractivity contribution >= 4 is 22.9 Å². The van der Waals surface area contributed by atoms with Gasteiger partial charge in [0.2, 0.25) is 5.71 Å². The molecule has 0 amide bonds. The second kappa shape index (κ2) is 9.75. The fourth-order valence-corrected chi connectivity index (χ4v) is 3.43. The van der Waals surface area contributed by atoms with Gasteiger partial charge < -0.3 is 18.9 Å². The summed E-state index contributed by atoms with van der Waals surface area (Å²) in [6.07, 6.45) is 2.73. The summed E-state index contributed by atoms with van der Waals surface area (Å²) in [5.74, 6) is 2.14. The summed E-state index contributed by atoms with van der Waals surface area (Å²) in [6.45, 7) is 12.1. The topological polar surface area (TPSA) is 93.6 Å². The molecular weight excluding hydrogens is 384 g/mol. The standard InChI is InChI=1S/C22H30N4O4/c1-6-14(3)26(13-17-9-8-12-29-17)11-10-23-20-19-18(22(27)28-7-2)15(4)30-21(19)25-16(5)24-20/h8-9,12,14H,6-7,10-11,13H2,1-5H3,(H,23,24,25)/t14-/m0/s1. The van der Waals surface area contributed by atoms with Crippen molar-refractivity contribution in [3.05, 3.63) is 41.3 Å². The van der Waals surface area contributed by atoms with Crippen molar-refractivity contribution in [3.63, 3.8) is 0 Å². The Labute approximate surface area is 176 Å². The smallest absolute Gasteiger partial charge is 0.342 e. The minimum absolute atomic E-state index is 0.289. The third-order valence-corrected chi connectivity index (χ3v) is 5.16. The van der Waals surface area contributed by atoms with Gasteiger partial charge in [-0.2, -0.15) is 4.98 Å². The highest BCUT2D eigenvalue weighted by Gasteiger charge is 2.24. The maximum Gasteiger partial charge on any atom is 0.342 e. The zero-order valence-electron chi connectivity index (χ0n) is 18.3. The number of carbonyl (C=O) groups excluding carboxylic acids is 1. The van der Waals surface area contributed by atoms with Gasteiger partial charge in [-0.3, -0.25) is 4.90 Å². The van der Waals surface area contributed by atoms with Gasteiger partial charge in [0.05, 0.1) is 24.8 Å². The average Bonchev–Trinajstić information content (AvgIpc) is 3.33. The molecule has 8 nitrogen and oxygen atoms in total. The quantitative estimate of drug-likeness (QED) is 0.490. The summed E-state index contributed by atoms with van der Waals surface area (Å²) in [6, 6.07) is 4.29. The fraction of sp³-hybridized carbons (Fsp3) is 0.500. The molecule has 0 unspecified atom stereocenters. The first kappa shape index (κ1) is 21.8. The molecule has 0 radical (unpaired) electrons. The van der Waals surface area contributed by atoms with E-state index in [0.717, 1.165) is 25.3 Å². The van der Waals surface area contributed by atoms with E-state index < -0.39 is 5.97 Å². The Morgan fingerprint density at radius 1 is 1.30 bits per heavy atom. The molecule has 0 bridgehead atoms. The number of rotatable bonds is 10. The molecule has 162 valence electrons. The van der Waals surface area contributed by atoms with Crippen LogP contribution in [0.5, 0.6) is 0 Å². The molecule has 0 aliphatic carbocycles. The molecule has 3 heterocycles. The first-order valence-electron chi connectivity index (χ1n) is 10.4. The van der Waals surface area contributed by atoms with E-state index in [1.165, 1.54) is 0 Å². The molecule has 0 fully saturated rings. The molecule has 0 aliphatic heterocycles. The van der Waals surface area contributed by atoms with Crippen molar-refractivity contribution in [1.82, 2.24) is 14.9 Å². The lowest BCUT2D eigenvalue weighted by Gasteiger charge is -2.27. The van der Waals surface area contributed by atoms with Crippen LogP contribution in [-0.2, 0) is 11.3 Å². The first-order valence-corrected chi connectivity index (χ1v) is 10.4. The second-order valence-electron chi connectivity index (χ2n) is 7.29. The average molecular weight is 415 g/mol. The maximum atomic E-state index is 12.5. The minimum atomic E-state index is -0.427. The molecule has 0 saturated heterocycles. The van der Waals surface area contributed by atoms with Crippen LogP contribution < -0.4 is 5.32 Å². The van der Waals surface area contributed by atoms with Gasteiger partial charge in [-0.05, 0) is 46.2 Å². The number of esters is 1. The van der Waals surface area contributed by atoms with Crippen molar-refractivity contribution in [3.8, 4) is 0 Å². The van der Waals surface area contributed by atoms with E-state index >= 15 is 0 Å². The van der Waals surface area contributed by atoms with Gasteiger partial charge in [0, 0.05) is 19.1 Å². The lowest BCUT2D eigenvalue weighted by atomic mass is 10.2. The normalized spacial score (nSPS) is 12.5. The van der Waals surface area contributed by atoms with Crippen LogP contribution in [0.1, 0.15) is 54.9 Å². The molecule has 3 aromatic rings. The van der Waals surface area contributed by atoms with Gasteiger partial charge in [-0.1, -0.05) is 6.92 Å². The van der Waals surface area contributed by atoms with E-state index in [0.29, 0.717) is 46.7 Å². The molecule has 0 saturated carbocycles. The van der Waals surface area contributed by atoms with Crippen LogP contribution >= 0.6 is 0 Å². The molecule has 0 aromatic carbocycles. The maximum absolute atomic E-state index is 12.5. The van der Waals surface area contributed by atoms with Crippen molar-refractivity contribution < 1.29 is 18.4 Å². The van der Waals surface area contributed by atoms with Gasteiger partial charge >= 0.3 is 5.97 Å². The minimum Gasteiger partial charge on any atom is -0.468 e. The van der Waals surface area contributed by atoms with E-state index in [4.69, 9.17) is 13.6 Å².